The molecule has 0 unspecified atom stereocenters. The summed E-state index contributed by atoms with van der Waals surface area (Å²) in [6.45, 7) is -0.599. The molecule has 0 aromatic heterocycles. The Morgan fingerprint density at radius 1 is 1.08 bits per heavy atom. The summed E-state index contributed by atoms with van der Waals surface area (Å²) in [5, 5.41) is 49.9. The molecule has 1 heterocycles. The standard InChI is InChI=1S/C17H18O8/c18-7-12-13(19)14(20)15(17(23)25-12)24-11-6-9-4-2-1-3-8(9)5-10(11)16(21)22/h1-6,12-15,17-20,23H,7H2,(H,21,22)/t12-,13-,14+,15-,17+/m1/s1. The number of aliphatic hydroxyl groups is 4. The van der Waals surface area contributed by atoms with Crippen molar-refractivity contribution in [2.45, 2.75) is 30.7 Å². The van der Waals surface area contributed by atoms with E-state index in [4.69, 9.17) is 14.6 Å². The van der Waals surface area contributed by atoms with Crippen molar-refractivity contribution in [3.05, 3.63) is 42.0 Å². The Balaban J connectivity index is 1.96. The second kappa shape index (κ2) is 6.95. The van der Waals surface area contributed by atoms with Gasteiger partial charge in [0.05, 0.1) is 6.61 Å². The maximum absolute atomic E-state index is 11.5. The molecule has 1 aliphatic rings. The summed E-state index contributed by atoms with van der Waals surface area (Å²) in [7, 11) is 0. The van der Waals surface area contributed by atoms with Gasteiger partial charge in [-0.25, -0.2) is 4.79 Å². The van der Waals surface area contributed by atoms with Crippen LogP contribution in [0.25, 0.3) is 10.8 Å². The van der Waals surface area contributed by atoms with Crippen LogP contribution in [-0.2, 0) is 4.74 Å². The first-order valence-electron chi connectivity index (χ1n) is 7.65. The van der Waals surface area contributed by atoms with Gasteiger partial charge in [-0.1, -0.05) is 24.3 Å². The van der Waals surface area contributed by atoms with Crippen LogP contribution >= 0.6 is 0 Å². The van der Waals surface area contributed by atoms with Crippen molar-refractivity contribution in [3.63, 3.8) is 0 Å². The Kier molecular flexibility index (Phi) is 4.89. The van der Waals surface area contributed by atoms with Gasteiger partial charge in [-0.05, 0) is 22.9 Å². The molecular formula is C17H18O8. The van der Waals surface area contributed by atoms with Crippen LogP contribution in [0.2, 0.25) is 0 Å². The van der Waals surface area contributed by atoms with Gasteiger partial charge in [0.1, 0.15) is 29.6 Å². The van der Waals surface area contributed by atoms with Gasteiger partial charge in [0.2, 0.25) is 0 Å². The quantitative estimate of drug-likeness (QED) is 0.508. The zero-order valence-corrected chi connectivity index (χ0v) is 13.0. The monoisotopic (exact) mass is 350 g/mol. The lowest BCUT2D eigenvalue weighted by Crippen LogP contribution is -2.60. The van der Waals surface area contributed by atoms with E-state index in [1.54, 1.807) is 24.3 Å². The van der Waals surface area contributed by atoms with Crippen LogP contribution in [0.3, 0.4) is 0 Å². The van der Waals surface area contributed by atoms with E-state index in [-0.39, 0.29) is 11.3 Å². The summed E-state index contributed by atoms with van der Waals surface area (Å²) in [5.41, 5.74) is -0.156. The zero-order valence-electron chi connectivity index (χ0n) is 13.0. The normalized spacial score (nSPS) is 29.5. The van der Waals surface area contributed by atoms with E-state index in [0.717, 1.165) is 0 Å². The summed E-state index contributed by atoms with van der Waals surface area (Å²) in [6.07, 6.45) is -7.30. The van der Waals surface area contributed by atoms with Crippen LogP contribution in [0, 0.1) is 0 Å². The van der Waals surface area contributed by atoms with E-state index >= 15 is 0 Å². The first kappa shape index (κ1) is 17.6. The average molecular weight is 350 g/mol. The highest BCUT2D eigenvalue weighted by atomic mass is 16.7. The van der Waals surface area contributed by atoms with Crippen molar-refractivity contribution in [3.8, 4) is 5.75 Å². The first-order chi connectivity index (χ1) is 11.9. The van der Waals surface area contributed by atoms with Crippen LogP contribution in [0.5, 0.6) is 5.75 Å². The van der Waals surface area contributed by atoms with Gasteiger partial charge in [0, 0.05) is 0 Å². The molecule has 0 saturated carbocycles. The van der Waals surface area contributed by atoms with Crippen LogP contribution in [0.4, 0.5) is 0 Å². The predicted molar refractivity (Wildman–Crippen MR) is 85.3 cm³/mol. The Bertz CT molecular complexity index is 776. The number of ether oxygens (including phenoxy) is 2. The minimum Gasteiger partial charge on any atom is -0.481 e. The lowest BCUT2D eigenvalue weighted by atomic mass is 9.99. The lowest BCUT2D eigenvalue weighted by Gasteiger charge is -2.39. The summed E-state index contributed by atoms with van der Waals surface area (Å²) in [5.74, 6) is -1.32. The molecule has 134 valence electrons. The Morgan fingerprint density at radius 3 is 2.32 bits per heavy atom. The molecule has 3 rings (SSSR count). The molecule has 2 aromatic carbocycles. The molecule has 0 spiro atoms. The highest BCUT2D eigenvalue weighted by Gasteiger charge is 2.45. The lowest BCUT2D eigenvalue weighted by molar-refractivity contribution is -0.280. The number of hydrogen-bond acceptors (Lipinski definition) is 7. The number of aliphatic hydroxyl groups excluding tert-OH is 4. The predicted octanol–water partition coefficient (Wildman–Crippen LogP) is -0.283. The van der Waals surface area contributed by atoms with E-state index in [0.29, 0.717) is 10.8 Å². The second-order valence-corrected chi connectivity index (χ2v) is 5.81. The highest BCUT2D eigenvalue weighted by molar-refractivity contribution is 5.97. The van der Waals surface area contributed by atoms with E-state index < -0.39 is 43.3 Å². The van der Waals surface area contributed by atoms with E-state index in [2.05, 4.69) is 0 Å². The fourth-order valence-corrected chi connectivity index (χ4v) is 2.83. The first-order valence-corrected chi connectivity index (χ1v) is 7.65. The summed E-state index contributed by atoms with van der Waals surface area (Å²) in [4.78, 5) is 11.5. The van der Waals surface area contributed by atoms with Gasteiger partial charge < -0.3 is 35.0 Å². The minimum absolute atomic E-state index is 0.0763. The molecule has 1 aliphatic heterocycles. The zero-order chi connectivity index (χ0) is 18.1. The molecule has 8 heteroatoms. The third-order valence-electron chi connectivity index (χ3n) is 4.18. The van der Waals surface area contributed by atoms with E-state index in [9.17, 15) is 25.2 Å². The number of benzene rings is 2. The van der Waals surface area contributed by atoms with Crippen molar-refractivity contribution < 1.29 is 39.8 Å². The second-order valence-electron chi connectivity index (χ2n) is 5.81. The van der Waals surface area contributed by atoms with Crippen LogP contribution in [0.15, 0.2) is 36.4 Å². The molecule has 0 radical (unpaired) electrons. The van der Waals surface area contributed by atoms with E-state index in [1.807, 2.05) is 0 Å². The fourth-order valence-electron chi connectivity index (χ4n) is 2.83. The van der Waals surface area contributed by atoms with Gasteiger partial charge in [-0.3, -0.25) is 0 Å². The highest BCUT2D eigenvalue weighted by Crippen LogP contribution is 2.30. The molecule has 1 saturated heterocycles. The summed E-state index contributed by atoms with van der Waals surface area (Å²) in [6, 6.07) is 9.94. The Labute approximate surface area is 142 Å². The van der Waals surface area contributed by atoms with Crippen LogP contribution in [0.1, 0.15) is 10.4 Å². The number of rotatable bonds is 4. The van der Waals surface area contributed by atoms with Gasteiger partial charge in [0.25, 0.3) is 0 Å². The number of hydrogen-bond donors (Lipinski definition) is 5. The SMILES string of the molecule is O=C(O)c1cc2ccccc2cc1O[C@@H]1[C@@H](O)[C@H](O)[C@@H](CO)O[C@@H]1O. The molecule has 25 heavy (non-hydrogen) atoms. The summed E-state index contributed by atoms with van der Waals surface area (Å²) < 4.78 is 10.5. The summed E-state index contributed by atoms with van der Waals surface area (Å²) >= 11 is 0. The maximum atomic E-state index is 11.5. The van der Waals surface area contributed by atoms with Gasteiger partial charge in [-0.15, -0.1) is 0 Å². The molecular weight excluding hydrogens is 332 g/mol. The van der Waals surface area contributed by atoms with Gasteiger partial charge in [0.15, 0.2) is 12.4 Å². The minimum atomic E-state index is -1.65. The molecule has 0 bridgehead atoms. The topological polar surface area (TPSA) is 137 Å². The molecule has 5 N–H and O–H groups in total. The number of carboxylic acids is 1. The van der Waals surface area contributed by atoms with Crippen molar-refractivity contribution in [1.82, 2.24) is 0 Å². The Hall–Kier alpha value is -2.23. The number of fused-ring (bicyclic) bond motifs is 1. The van der Waals surface area contributed by atoms with Crippen molar-refractivity contribution in [1.29, 1.82) is 0 Å². The van der Waals surface area contributed by atoms with Gasteiger partial charge in [-0.2, -0.15) is 0 Å². The molecule has 5 atom stereocenters. The third kappa shape index (κ3) is 3.30. The van der Waals surface area contributed by atoms with Crippen molar-refractivity contribution >= 4 is 16.7 Å². The number of carbonyl (C=O) groups is 1. The maximum Gasteiger partial charge on any atom is 0.339 e. The molecule has 2 aromatic rings. The number of aromatic carboxylic acids is 1. The van der Waals surface area contributed by atoms with Crippen molar-refractivity contribution in [2.24, 2.45) is 0 Å². The van der Waals surface area contributed by atoms with Crippen LogP contribution in [-0.4, -0.2) is 68.8 Å². The molecule has 8 nitrogen and oxygen atoms in total. The van der Waals surface area contributed by atoms with E-state index in [1.165, 1.54) is 12.1 Å². The molecule has 0 aliphatic carbocycles. The molecule has 0 amide bonds. The van der Waals surface area contributed by atoms with Crippen LogP contribution < -0.4 is 4.74 Å². The smallest absolute Gasteiger partial charge is 0.339 e. The van der Waals surface area contributed by atoms with Crippen molar-refractivity contribution in [2.75, 3.05) is 6.61 Å². The van der Waals surface area contributed by atoms with Gasteiger partial charge >= 0.3 is 5.97 Å². The average Bonchev–Trinajstić information content (AvgIpc) is 2.60. The fraction of sp³-hybridized carbons (Fsp3) is 0.353. The molecule has 1 fully saturated rings. The largest absolute Gasteiger partial charge is 0.481 e. The third-order valence-corrected chi connectivity index (χ3v) is 4.18. The number of carboxylic acid groups (broad SMARTS) is 1. The Morgan fingerprint density at radius 2 is 1.72 bits per heavy atom.